The van der Waals surface area contributed by atoms with Crippen molar-refractivity contribution < 1.29 is 9.90 Å². The molecular weight excluding hydrogens is 232 g/mol. The summed E-state index contributed by atoms with van der Waals surface area (Å²) >= 11 is 0. The van der Waals surface area contributed by atoms with Crippen LogP contribution in [-0.4, -0.2) is 33.6 Å². The van der Waals surface area contributed by atoms with Crippen LogP contribution in [0.3, 0.4) is 0 Å². The molecule has 2 atom stereocenters. The van der Waals surface area contributed by atoms with Crippen molar-refractivity contribution in [3.63, 3.8) is 0 Å². The van der Waals surface area contributed by atoms with Gasteiger partial charge in [-0.1, -0.05) is 13.3 Å². The van der Waals surface area contributed by atoms with Crippen LogP contribution in [0, 0.1) is 5.41 Å². The van der Waals surface area contributed by atoms with Crippen molar-refractivity contribution in [3.05, 3.63) is 12.3 Å². The highest BCUT2D eigenvalue weighted by atomic mass is 16.3. The molecule has 2 rings (SSSR count). The minimum absolute atomic E-state index is 0.0196. The van der Waals surface area contributed by atoms with Gasteiger partial charge in [0.1, 0.15) is 0 Å². The number of aromatic nitrogens is 2. The molecule has 1 aliphatic rings. The molecule has 0 bridgehead atoms. The van der Waals surface area contributed by atoms with Gasteiger partial charge in [-0.2, -0.15) is 5.10 Å². The summed E-state index contributed by atoms with van der Waals surface area (Å²) in [5.41, 5.74) is -0.207. The minimum atomic E-state index is -0.264. The van der Waals surface area contributed by atoms with E-state index in [0.717, 1.165) is 19.3 Å². The van der Waals surface area contributed by atoms with Crippen LogP contribution in [0.5, 0.6) is 0 Å². The second-order valence-electron chi connectivity index (χ2n) is 5.23. The Labute approximate surface area is 106 Å². The van der Waals surface area contributed by atoms with Gasteiger partial charge in [-0.25, -0.2) is 4.79 Å². The molecule has 2 amide bonds. The summed E-state index contributed by atoms with van der Waals surface area (Å²) in [7, 11) is 1.79. The summed E-state index contributed by atoms with van der Waals surface area (Å²) < 4.78 is 1.63. The molecule has 3 N–H and O–H groups in total. The second-order valence-corrected chi connectivity index (χ2v) is 5.23. The van der Waals surface area contributed by atoms with Crippen LogP contribution in [0.1, 0.15) is 26.2 Å². The van der Waals surface area contributed by atoms with Crippen LogP contribution in [0.2, 0.25) is 0 Å². The van der Waals surface area contributed by atoms with Gasteiger partial charge in [-0.3, -0.25) is 10.00 Å². The van der Waals surface area contributed by atoms with E-state index >= 15 is 0 Å². The van der Waals surface area contributed by atoms with E-state index in [1.54, 1.807) is 24.0 Å². The lowest BCUT2D eigenvalue weighted by molar-refractivity contribution is 0.122. The summed E-state index contributed by atoms with van der Waals surface area (Å²) in [6.45, 7) is 2.10. The van der Waals surface area contributed by atoms with Crippen LogP contribution < -0.4 is 10.6 Å². The first-order valence-corrected chi connectivity index (χ1v) is 6.21. The van der Waals surface area contributed by atoms with Crippen molar-refractivity contribution in [2.45, 2.75) is 32.2 Å². The monoisotopic (exact) mass is 252 g/mol. The third kappa shape index (κ3) is 2.64. The molecule has 1 saturated carbocycles. The molecule has 1 aliphatic carbocycles. The highest BCUT2D eigenvalue weighted by molar-refractivity contribution is 5.88. The molecule has 0 aromatic carbocycles. The Kier molecular flexibility index (Phi) is 3.56. The lowest BCUT2D eigenvalue weighted by Gasteiger charge is -2.29. The molecular formula is C12H20N4O2. The topological polar surface area (TPSA) is 79.2 Å². The van der Waals surface area contributed by atoms with Gasteiger partial charge in [0.2, 0.25) is 0 Å². The first kappa shape index (κ1) is 12.9. The van der Waals surface area contributed by atoms with Gasteiger partial charge in [0, 0.05) is 30.8 Å². The van der Waals surface area contributed by atoms with Gasteiger partial charge in [0.25, 0.3) is 0 Å². The summed E-state index contributed by atoms with van der Waals surface area (Å²) in [4.78, 5) is 11.8. The maximum atomic E-state index is 11.8. The number of carbonyl (C=O) groups excluding carboxylic acids is 1. The maximum absolute atomic E-state index is 11.8. The molecule has 1 aromatic rings. The number of amides is 2. The fourth-order valence-corrected chi connectivity index (χ4v) is 2.46. The summed E-state index contributed by atoms with van der Waals surface area (Å²) in [6.07, 6.45) is 4.65. The van der Waals surface area contributed by atoms with E-state index in [-0.39, 0.29) is 24.1 Å². The Bertz CT molecular complexity index is 431. The maximum Gasteiger partial charge on any atom is 0.320 e. The van der Waals surface area contributed by atoms with E-state index in [9.17, 15) is 9.90 Å². The SMILES string of the molecule is Cn1ccc(NC(=O)NC2CCCC2(C)CO)n1. The first-order valence-electron chi connectivity index (χ1n) is 6.21. The van der Waals surface area contributed by atoms with E-state index in [1.165, 1.54) is 0 Å². The molecule has 0 spiro atoms. The molecule has 0 saturated heterocycles. The molecule has 2 unspecified atom stereocenters. The lowest BCUT2D eigenvalue weighted by atomic mass is 9.86. The first-order chi connectivity index (χ1) is 8.53. The number of nitrogens with one attached hydrogen (secondary N) is 2. The smallest absolute Gasteiger partial charge is 0.320 e. The van der Waals surface area contributed by atoms with Gasteiger partial charge in [-0.05, 0) is 12.8 Å². The average molecular weight is 252 g/mol. The molecule has 18 heavy (non-hydrogen) atoms. The molecule has 100 valence electrons. The van der Waals surface area contributed by atoms with E-state index in [2.05, 4.69) is 15.7 Å². The Morgan fingerprint density at radius 1 is 1.72 bits per heavy atom. The average Bonchev–Trinajstić information content (AvgIpc) is 2.87. The van der Waals surface area contributed by atoms with Crippen molar-refractivity contribution in [2.75, 3.05) is 11.9 Å². The summed E-state index contributed by atoms with van der Waals surface area (Å²) in [5.74, 6) is 0.527. The van der Waals surface area contributed by atoms with Gasteiger partial charge in [-0.15, -0.1) is 0 Å². The highest BCUT2D eigenvalue weighted by Gasteiger charge is 2.39. The molecule has 6 heteroatoms. The second kappa shape index (κ2) is 4.97. The van der Waals surface area contributed by atoms with Gasteiger partial charge >= 0.3 is 6.03 Å². The van der Waals surface area contributed by atoms with Crippen LogP contribution in [0.25, 0.3) is 0 Å². The zero-order valence-corrected chi connectivity index (χ0v) is 10.8. The number of anilines is 1. The Morgan fingerprint density at radius 2 is 2.50 bits per heavy atom. The molecule has 0 aliphatic heterocycles. The van der Waals surface area contributed by atoms with E-state index in [1.807, 2.05) is 6.92 Å². The van der Waals surface area contributed by atoms with E-state index in [4.69, 9.17) is 0 Å². The molecule has 1 aromatic heterocycles. The van der Waals surface area contributed by atoms with Crippen LogP contribution in [0.15, 0.2) is 12.3 Å². The third-order valence-electron chi connectivity index (χ3n) is 3.70. The van der Waals surface area contributed by atoms with Crippen LogP contribution in [-0.2, 0) is 7.05 Å². The van der Waals surface area contributed by atoms with Gasteiger partial charge in [0.05, 0.1) is 6.61 Å². The predicted octanol–water partition coefficient (Wildman–Crippen LogP) is 1.09. The standard InChI is InChI=1S/C12H20N4O2/c1-12(8-17)6-3-4-9(12)13-11(18)14-10-5-7-16(2)15-10/h5,7,9,17H,3-4,6,8H2,1-2H3,(H2,13,14,15,18). The summed E-state index contributed by atoms with van der Waals surface area (Å²) in [5, 5.41) is 19.1. The molecule has 1 fully saturated rings. The molecule has 6 nitrogen and oxygen atoms in total. The Balaban J connectivity index is 1.91. The number of rotatable bonds is 3. The van der Waals surface area contributed by atoms with Gasteiger partial charge in [0.15, 0.2) is 5.82 Å². The zero-order valence-electron chi connectivity index (χ0n) is 10.8. The zero-order chi connectivity index (χ0) is 13.2. The van der Waals surface area contributed by atoms with Gasteiger partial charge < -0.3 is 10.4 Å². The van der Waals surface area contributed by atoms with Crippen molar-refractivity contribution in [2.24, 2.45) is 12.5 Å². The minimum Gasteiger partial charge on any atom is -0.396 e. The number of aryl methyl sites for hydroxylation is 1. The Morgan fingerprint density at radius 3 is 3.11 bits per heavy atom. The number of carbonyl (C=O) groups is 1. The number of nitrogens with zero attached hydrogens (tertiary/aromatic N) is 2. The Hall–Kier alpha value is -1.56. The number of aliphatic hydroxyl groups is 1. The van der Waals surface area contributed by atoms with Crippen molar-refractivity contribution in [1.82, 2.24) is 15.1 Å². The molecule has 1 heterocycles. The van der Waals surface area contributed by atoms with Crippen LogP contribution in [0.4, 0.5) is 10.6 Å². The largest absolute Gasteiger partial charge is 0.396 e. The fourth-order valence-electron chi connectivity index (χ4n) is 2.46. The van der Waals surface area contributed by atoms with Crippen molar-refractivity contribution >= 4 is 11.8 Å². The normalized spacial score (nSPS) is 27.2. The van der Waals surface area contributed by atoms with Crippen molar-refractivity contribution in [3.8, 4) is 0 Å². The van der Waals surface area contributed by atoms with Crippen molar-refractivity contribution in [1.29, 1.82) is 0 Å². The number of hydrogen-bond acceptors (Lipinski definition) is 3. The van der Waals surface area contributed by atoms with E-state index < -0.39 is 0 Å². The van der Waals surface area contributed by atoms with E-state index in [0.29, 0.717) is 5.82 Å². The number of hydrogen-bond donors (Lipinski definition) is 3. The lowest BCUT2D eigenvalue weighted by Crippen LogP contribution is -2.46. The van der Waals surface area contributed by atoms with Crippen LogP contribution >= 0.6 is 0 Å². The number of aliphatic hydroxyl groups excluding tert-OH is 1. The highest BCUT2D eigenvalue weighted by Crippen LogP contribution is 2.37. The third-order valence-corrected chi connectivity index (χ3v) is 3.70. The quantitative estimate of drug-likeness (QED) is 0.753. The fraction of sp³-hybridized carbons (Fsp3) is 0.667. The predicted molar refractivity (Wildman–Crippen MR) is 68.2 cm³/mol. The summed E-state index contributed by atoms with van der Waals surface area (Å²) in [6, 6.07) is 1.49. The number of urea groups is 1. The molecule has 0 radical (unpaired) electrons.